The molecule has 4 nitrogen and oxygen atoms in total. The van der Waals surface area contributed by atoms with E-state index in [1.807, 2.05) is 12.3 Å². The highest BCUT2D eigenvalue weighted by Crippen LogP contribution is 2.14. The van der Waals surface area contributed by atoms with Gasteiger partial charge in [-0.25, -0.2) is 4.68 Å². The molecular weight excluding hydrogens is 314 g/mol. The minimum Gasteiger partial charge on any atom is -0.457 e. The number of rotatable bonds is 3. The van der Waals surface area contributed by atoms with Gasteiger partial charge in [-0.15, -0.1) is 5.10 Å². The average molecular weight is 321 g/mol. The number of halogens is 2. The van der Waals surface area contributed by atoms with Gasteiger partial charge in [0, 0.05) is 17.1 Å². The predicted octanol–water partition coefficient (Wildman–Crippen LogP) is 2.58. The maximum Gasteiger partial charge on any atom is 0.169 e. The van der Waals surface area contributed by atoms with E-state index in [9.17, 15) is 0 Å². The Hall–Kier alpha value is -0.620. The monoisotopic (exact) mass is 319 g/mol. The van der Waals surface area contributed by atoms with E-state index in [0.717, 1.165) is 21.3 Å². The highest BCUT2D eigenvalue weighted by Gasteiger charge is 2.02. The smallest absolute Gasteiger partial charge is 0.169 e. The van der Waals surface area contributed by atoms with Crippen molar-refractivity contribution in [3.05, 3.63) is 34.5 Å². The number of hydrogen-bond acceptors (Lipinski definition) is 3. The number of alkyl halides is 1. The lowest BCUT2D eigenvalue weighted by atomic mass is 10.3. The quantitative estimate of drug-likeness (QED) is 0.816. The molecule has 74 valence electrons. The van der Waals surface area contributed by atoms with Gasteiger partial charge in [0.25, 0.3) is 0 Å². The van der Waals surface area contributed by atoms with Crippen molar-refractivity contribution < 1.29 is 4.42 Å². The van der Waals surface area contributed by atoms with Crippen molar-refractivity contribution in [1.29, 1.82) is 0 Å². The summed E-state index contributed by atoms with van der Waals surface area (Å²) < 4.78 is 7.62. The Morgan fingerprint density at radius 1 is 1.50 bits per heavy atom. The van der Waals surface area contributed by atoms with Crippen LogP contribution in [0.3, 0.4) is 0 Å². The van der Waals surface area contributed by atoms with Gasteiger partial charge >= 0.3 is 0 Å². The van der Waals surface area contributed by atoms with Gasteiger partial charge in [-0.2, -0.15) is 0 Å². The highest BCUT2D eigenvalue weighted by atomic mass is 79.9. The first-order chi connectivity index (χ1) is 6.78. The predicted molar refractivity (Wildman–Crippen MR) is 58.2 cm³/mol. The fourth-order valence-corrected chi connectivity index (χ4v) is 1.74. The fourth-order valence-electron chi connectivity index (χ4n) is 1.09. The molecule has 2 aromatic rings. The summed E-state index contributed by atoms with van der Waals surface area (Å²) in [5.41, 5.74) is 1.98. The van der Waals surface area contributed by atoms with Crippen molar-refractivity contribution >= 4 is 31.9 Å². The van der Waals surface area contributed by atoms with Crippen LogP contribution in [0.15, 0.2) is 27.6 Å². The van der Waals surface area contributed by atoms with Crippen molar-refractivity contribution in [3.8, 4) is 0 Å². The highest BCUT2D eigenvalue weighted by molar-refractivity contribution is 9.10. The van der Waals surface area contributed by atoms with Crippen molar-refractivity contribution in [2.24, 2.45) is 0 Å². The van der Waals surface area contributed by atoms with E-state index in [4.69, 9.17) is 4.42 Å². The molecule has 0 aliphatic rings. The molecule has 0 saturated heterocycles. The second-order valence-corrected chi connectivity index (χ2v) is 4.14. The van der Waals surface area contributed by atoms with Gasteiger partial charge in [-0.1, -0.05) is 21.1 Å². The van der Waals surface area contributed by atoms with Gasteiger partial charge in [0.1, 0.15) is 0 Å². The zero-order valence-electron chi connectivity index (χ0n) is 7.15. The molecule has 2 aromatic heterocycles. The third kappa shape index (κ3) is 2.24. The SMILES string of the molecule is BrCc1cn(Cc2coc(Br)c2)nn1. The maximum absolute atomic E-state index is 5.12. The molecule has 0 aliphatic heterocycles. The summed E-state index contributed by atoms with van der Waals surface area (Å²) in [5.74, 6) is 0. The molecule has 0 saturated carbocycles. The molecule has 0 aliphatic carbocycles. The van der Waals surface area contributed by atoms with Crippen LogP contribution >= 0.6 is 31.9 Å². The third-order valence-electron chi connectivity index (χ3n) is 1.69. The zero-order chi connectivity index (χ0) is 9.97. The minimum absolute atomic E-state index is 0.676. The van der Waals surface area contributed by atoms with Crippen molar-refractivity contribution in [1.82, 2.24) is 15.0 Å². The number of nitrogens with zero attached hydrogens (tertiary/aromatic N) is 3. The van der Waals surface area contributed by atoms with Gasteiger partial charge in [0.05, 0.1) is 18.5 Å². The summed E-state index contributed by atoms with van der Waals surface area (Å²) in [6, 6.07) is 1.91. The number of furan rings is 1. The van der Waals surface area contributed by atoms with Crippen LogP contribution in [0.2, 0.25) is 0 Å². The van der Waals surface area contributed by atoms with Crippen LogP contribution in [0.4, 0.5) is 0 Å². The first kappa shape index (κ1) is 9.92. The molecule has 0 amide bonds. The maximum atomic E-state index is 5.12. The van der Waals surface area contributed by atoms with Crippen LogP contribution in [0.25, 0.3) is 0 Å². The molecule has 0 atom stereocenters. The normalized spacial score (nSPS) is 10.7. The summed E-state index contributed by atoms with van der Waals surface area (Å²) >= 11 is 6.56. The summed E-state index contributed by atoms with van der Waals surface area (Å²) in [7, 11) is 0. The molecular formula is C8H7Br2N3O. The molecule has 0 N–H and O–H groups in total. The van der Waals surface area contributed by atoms with Crippen LogP contribution in [0, 0.1) is 0 Å². The Balaban J connectivity index is 2.10. The fraction of sp³-hybridized carbons (Fsp3) is 0.250. The summed E-state index contributed by atoms with van der Waals surface area (Å²) in [5, 5.41) is 8.66. The Labute approximate surface area is 97.5 Å². The molecule has 14 heavy (non-hydrogen) atoms. The van der Waals surface area contributed by atoms with E-state index in [1.54, 1.807) is 10.9 Å². The Kier molecular flexibility index (Phi) is 3.02. The molecule has 0 aromatic carbocycles. The van der Waals surface area contributed by atoms with Crippen molar-refractivity contribution in [2.45, 2.75) is 11.9 Å². The summed E-state index contributed by atoms with van der Waals surface area (Å²) in [4.78, 5) is 0. The molecule has 0 spiro atoms. The molecule has 6 heteroatoms. The van der Waals surface area contributed by atoms with E-state index in [1.165, 1.54) is 0 Å². The van der Waals surface area contributed by atoms with Crippen molar-refractivity contribution in [2.75, 3.05) is 0 Å². The first-order valence-electron chi connectivity index (χ1n) is 3.96. The Morgan fingerprint density at radius 3 is 2.93 bits per heavy atom. The molecule has 0 bridgehead atoms. The lowest BCUT2D eigenvalue weighted by Crippen LogP contribution is -1.98. The van der Waals surface area contributed by atoms with Gasteiger partial charge < -0.3 is 4.42 Å². The zero-order valence-corrected chi connectivity index (χ0v) is 10.3. The second kappa shape index (κ2) is 4.27. The van der Waals surface area contributed by atoms with E-state index in [2.05, 4.69) is 42.2 Å². The minimum atomic E-state index is 0.676. The van der Waals surface area contributed by atoms with Crippen LogP contribution in [0.5, 0.6) is 0 Å². The molecule has 0 radical (unpaired) electrons. The standard InChI is InChI=1S/C8H7Br2N3O/c9-2-7-4-13(12-11-7)3-6-1-8(10)14-5-6/h1,4-5H,2-3H2. The van der Waals surface area contributed by atoms with E-state index < -0.39 is 0 Å². The molecule has 0 fully saturated rings. The number of hydrogen-bond donors (Lipinski definition) is 0. The lowest BCUT2D eigenvalue weighted by molar-refractivity contribution is 0.535. The Morgan fingerprint density at radius 2 is 2.36 bits per heavy atom. The third-order valence-corrected chi connectivity index (χ3v) is 2.68. The Bertz CT molecular complexity index is 424. The van der Waals surface area contributed by atoms with Crippen LogP contribution in [-0.2, 0) is 11.9 Å². The van der Waals surface area contributed by atoms with E-state index in [0.29, 0.717) is 6.54 Å². The summed E-state index contributed by atoms with van der Waals surface area (Å²) in [6.07, 6.45) is 3.59. The van der Waals surface area contributed by atoms with Gasteiger partial charge in [-0.3, -0.25) is 0 Å². The summed E-state index contributed by atoms with van der Waals surface area (Å²) in [6.45, 7) is 0.676. The van der Waals surface area contributed by atoms with E-state index in [-0.39, 0.29) is 0 Å². The molecule has 2 rings (SSSR count). The first-order valence-corrected chi connectivity index (χ1v) is 5.87. The average Bonchev–Trinajstić information content (AvgIpc) is 2.76. The van der Waals surface area contributed by atoms with Gasteiger partial charge in [0.2, 0.25) is 0 Å². The molecule has 0 unspecified atom stereocenters. The van der Waals surface area contributed by atoms with E-state index >= 15 is 0 Å². The van der Waals surface area contributed by atoms with Crippen LogP contribution in [-0.4, -0.2) is 15.0 Å². The molecule has 2 heterocycles. The van der Waals surface area contributed by atoms with Gasteiger partial charge in [0.15, 0.2) is 4.67 Å². The van der Waals surface area contributed by atoms with Crippen LogP contribution in [0.1, 0.15) is 11.3 Å². The number of aromatic nitrogens is 3. The topological polar surface area (TPSA) is 43.9 Å². The largest absolute Gasteiger partial charge is 0.457 e. The van der Waals surface area contributed by atoms with Gasteiger partial charge in [-0.05, 0) is 22.0 Å². The van der Waals surface area contributed by atoms with Crippen molar-refractivity contribution in [3.63, 3.8) is 0 Å². The lowest BCUT2D eigenvalue weighted by Gasteiger charge is -1.93. The second-order valence-electron chi connectivity index (χ2n) is 2.80. The van der Waals surface area contributed by atoms with Crippen LogP contribution < -0.4 is 0 Å².